The molecule has 0 saturated carbocycles. The Bertz CT molecular complexity index is 2470. The number of aryl methyl sites for hydroxylation is 6. The third kappa shape index (κ3) is 5.13. The topological polar surface area (TPSA) is 9.23 Å². The van der Waals surface area contributed by atoms with Gasteiger partial charge in [-0.1, -0.05) is 72.4 Å². The molecule has 7 aromatic carbocycles. The first-order chi connectivity index (χ1) is 24.9. The lowest BCUT2D eigenvalue weighted by atomic mass is 9.75. The molecule has 0 spiro atoms. The van der Waals surface area contributed by atoms with E-state index in [9.17, 15) is 0 Å². The van der Waals surface area contributed by atoms with Gasteiger partial charge in [0.15, 0.2) is 0 Å². The van der Waals surface area contributed by atoms with E-state index in [0.717, 1.165) is 5.75 Å². The maximum Gasteiger partial charge on any atom is 0.118 e. The maximum absolute atomic E-state index is 5.37. The molecule has 0 aliphatic carbocycles. The van der Waals surface area contributed by atoms with Crippen molar-refractivity contribution in [2.45, 2.75) is 84.9 Å². The van der Waals surface area contributed by atoms with Gasteiger partial charge in [-0.2, -0.15) is 0 Å². The first-order valence-electron chi connectivity index (χ1n) is 18.5. The average Bonchev–Trinajstić information content (AvgIpc) is 3.16. The molecule has 260 valence electrons. The Hall–Kier alpha value is -4.79. The van der Waals surface area contributed by atoms with E-state index in [-0.39, 0.29) is 5.92 Å². The molecule has 2 heteroatoms. The van der Waals surface area contributed by atoms with Crippen LogP contribution in [-0.4, -0.2) is 7.11 Å². The van der Waals surface area contributed by atoms with E-state index in [1.807, 2.05) is 23.9 Å². The van der Waals surface area contributed by atoms with Crippen molar-refractivity contribution in [1.82, 2.24) is 0 Å². The maximum atomic E-state index is 5.37. The van der Waals surface area contributed by atoms with Gasteiger partial charge in [0.1, 0.15) is 5.75 Å². The largest absolute Gasteiger partial charge is 0.497 e. The first kappa shape index (κ1) is 34.3. The van der Waals surface area contributed by atoms with Gasteiger partial charge >= 0.3 is 0 Å². The second-order valence-corrected chi connectivity index (χ2v) is 16.3. The highest BCUT2D eigenvalue weighted by Crippen LogP contribution is 2.56. The van der Waals surface area contributed by atoms with Crippen molar-refractivity contribution in [2.75, 3.05) is 7.11 Å². The molecule has 0 unspecified atom stereocenters. The summed E-state index contributed by atoms with van der Waals surface area (Å²) < 4.78 is 5.37. The molecule has 0 amide bonds. The van der Waals surface area contributed by atoms with Gasteiger partial charge in [-0.25, -0.2) is 0 Å². The third-order valence-corrected chi connectivity index (χ3v) is 13.7. The fourth-order valence-electron chi connectivity index (χ4n) is 9.07. The molecule has 0 radical (unpaired) electrons. The van der Waals surface area contributed by atoms with Gasteiger partial charge < -0.3 is 4.74 Å². The molecule has 0 fully saturated rings. The predicted octanol–water partition coefficient (Wildman–Crippen LogP) is 14.1. The Balaban J connectivity index is 1.36. The summed E-state index contributed by atoms with van der Waals surface area (Å²) in [5.41, 5.74) is 23.2. The van der Waals surface area contributed by atoms with Crippen molar-refractivity contribution in [2.24, 2.45) is 0 Å². The minimum atomic E-state index is 0.101. The molecule has 1 heterocycles. The lowest BCUT2D eigenvalue weighted by molar-refractivity contribution is 0.415. The van der Waals surface area contributed by atoms with E-state index in [4.69, 9.17) is 4.74 Å². The van der Waals surface area contributed by atoms with E-state index in [2.05, 4.69) is 142 Å². The SMILES string of the molecule is COc1ccc(-c2ccc(-c3ccc(C4c5c(cc(C)c6c(C)c(C)c(C)c(C)c56)Sc5cc(C)c6c(C)c(C)c(C)c(C)c6c54)cc3)cc2)cc1. The zero-order chi connectivity index (χ0) is 36.7. The van der Waals surface area contributed by atoms with Gasteiger partial charge in [0, 0.05) is 15.7 Å². The van der Waals surface area contributed by atoms with Crippen LogP contribution in [0.25, 0.3) is 43.8 Å². The van der Waals surface area contributed by atoms with Gasteiger partial charge in [0.2, 0.25) is 0 Å². The number of ether oxygens (including phenoxy) is 1. The highest BCUT2D eigenvalue weighted by Gasteiger charge is 2.34. The summed E-state index contributed by atoms with van der Waals surface area (Å²) in [6.07, 6.45) is 0. The van der Waals surface area contributed by atoms with Crippen LogP contribution in [0.5, 0.6) is 5.75 Å². The monoisotopic (exact) mass is 696 g/mol. The summed E-state index contributed by atoms with van der Waals surface area (Å²) in [6, 6.07) is 31.7. The fraction of sp³-hybridized carbons (Fsp3) is 0.240. The number of fused-ring (bicyclic) bond motifs is 6. The number of benzene rings is 7. The number of rotatable bonds is 4. The Morgan fingerprint density at radius 1 is 0.404 bits per heavy atom. The van der Waals surface area contributed by atoms with E-state index in [1.165, 1.54) is 126 Å². The number of hydrogen-bond acceptors (Lipinski definition) is 2. The van der Waals surface area contributed by atoms with E-state index >= 15 is 0 Å². The van der Waals surface area contributed by atoms with Crippen LogP contribution in [0.1, 0.15) is 78.2 Å². The zero-order valence-corrected chi connectivity index (χ0v) is 33.3. The molecular formula is C50H48OS. The Morgan fingerprint density at radius 2 is 0.731 bits per heavy atom. The molecule has 1 aliphatic rings. The highest BCUT2D eigenvalue weighted by atomic mass is 32.2. The quantitative estimate of drug-likeness (QED) is 0.181. The van der Waals surface area contributed by atoms with Crippen LogP contribution in [0.3, 0.4) is 0 Å². The zero-order valence-electron chi connectivity index (χ0n) is 32.5. The molecule has 0 aromatic heterocycles. The summed E-state index contributed by atoms with van der Waals surface area (Å²) in [6.45, 7) is 23.2. The standard InChI is InChI=1S/C50H48OS/c1-26-24-42-49(46-34(9)30(5)28(3)32(7)44(26)46)48(50-43(52-42)25-27(2)45-33(8)29(4)31(6)35(10)47(45)50)40-18-16-38(17-19-40)36-12-14-37(15-13-36)39-20-22-41(51-11)23-21-39/h12-25,48H,1-11H3. The summed E-state index contributed by atoms with van der Waals surface area (Å²) in [5, 5.41) is 5.75. The van der Waals surface area contributed by atoms with Crippen molar-refractivity contribution < 1.29 is 4.74 Å². The average molecular weight is 697 g/mol. The Morgan fingerprint density at radius 3 is 1.10 bits per heavy atom. The molecule has 0 bridgehead atoms. The van der Waals surface area contributed by atoms with Crippen LogP contribution in [-0.2, 0) is 0 Å². The van der Waals surface area contributed by atoms with Crippen LogP contribution >= 0.6 is 11.8 Å². The van der Waals surface area contributed by atoms with Crippen molar-refractivity contribution in [3.63, 3.8) is 0 Å². The number of hydrogen-bond donors (Lipinski definition) is 0. The van der Waals surface area contributed by atoms with Gasteiger partial charge in [-0.15, -0.1) is 0 Å². The van der Waals surface area contributed by atoms with E-state index in [1.54, 1.807) is 7.11 Å². The van der Waals surface area contributed by atoms with Gasteiger partial charge in [0.05, 0.1) is 7.11 Å². The normalized spacial score (nSPS) is 12.8. The number of methoxy groups -OCH3 is 1. The molecular weight excluding hydrogens is 649 g/mol. The van der Waals surface area contributed by atoms with Crippen LogP contribution in [0.2, 0.25) is 0 Å². The van der Waals surface area contributed by atoms with E-state index < -0.39 is 0 Å². The van der Waals surface area contributed by atoms with Crippen molar-refractivity contribution in [1.29, 1.82) is 0 Å². The summed E-state index contributed by atoms with van der Waals surface area (Å²) in [5.74, 6) is 0.976. The lowest BCUT2D eigenvalue weighted by Crippen LogP contribution is -2.15. The molecule has 8 rings (SSSR count). The second-order valence-electron chi connectivity index (χ2n) is 15.2. The van der Waals surface area contributed by atoms with Crippen LogP contribution in [0.4, 0.5) is 0 Å². The Labute approximate surface area is 314 Å². The summed E-state index contributed by atoms with van der Waals surface area (Å²) in [7, 11) is 1.71. The van der Waals surface area contributed by atoms with Gasteiger partial charge in [-0.05, 0) is 210 Å². The molecule has 7 aromatic rings. The van der Waals surface area contributed by atoms with Crippen molar-refractivity contribution in [3.8, 4) is 28.0 Å². The Kier molecular flexibility index (Phi) is 8.38. The van der Waals surface area contributed by atoms with Crippen LogP contribution in [0.15, 0.2) is 94.7 Å². The highest BCUT2D eigenvalue weighted by molar-refractivity contribution is 7.99. The van der Waals surface area contributed by atoms with Gasteiger partial charge in [0.25, 0.3) is 0 Å². The van der Waals surface area contributed by atoms with Crippen molar-refractivity contribution >= 4 is 33.3 Å². The minimum Gasteiger partial charge on any atom is -0.497 e. The van der Waals surface area contributed by atoms with Crippen molar-refractivity contribution in [3.05, 3.63) is 157 Å². The summed E-state index contributed by atoms with van der Waals surface area (Å²) in [4.78, 5) is 2.78. The fourth-order valence-corrected chi connectivity index (χ4v) is 10.4. The molecule has 0 saturated heterocycles. The smallest absolute Gasteiger partial charge is 0.118 e. The third-order valence-electron chi connectivity index (χ3n) is 12.6. The van der Waals surface area contributed by atoms with E-state index in [0.29, 0.717) is 0 Å². The lowest BCUT2D eigenvalue weighted by Gasteiger charge is -2.34. The second kappa shape index (κ2) is 12.7. The molecule has 1 nitrogen and oxygen atoms in total. The minimum absolute atomic E-state index is 0.101. The molecule has 1 aliphatic heterocycles. The van der Waals surface area contributed by atoms with Crippen LogP contribution < -0.4 is 4.74 Å². The molecule has 0 atom stereocenters. The van der Waals surface area contributed by atoms with Gasteiger partial charge in [-0.3, -0.25) is 0 Å². The van der Waals surface area contributed by atoms with Crippen LogP contribution in [0, 0.1) is 69.2 Å². The summed E-state index contributed by atoms with van der Waals surface area (Å²) >= 11 is 1.98. The molecule has 0 N–H and O–H groups in total. The predicted molar refractivity (Wildman–Crippen MR) is 224 cm³/mol. The first-order valence-corrected chi connectivity index (χ1v) is 19.3. The molecule has 52 heavy (non-hydrogen) atoms.